The molecule has 0 aliphatic heterocycles. The highest BCUT2D eigenvalue weighted by Gasteiger charge is 1.94. The predicted molar refractivity (Wildman–Crippen MR) is 108 cm³/mol. The average Bonchev–Trinajstić information content (AvgIpc) is 2.54. The molecular formula is C21H44Si. The lowest BCUT2D eigenvalue weighted by Gasteiger charge is -2.03. The first-order valence-corrected chi connectivity index (χ1v) is 12.0. The standard InChI is InChI=1S/C21H44Si/c1-2-3-4-5-6-7-8-9-10-11-12-13-14-15-16-17-18-19-20-21-22/h19-20H,2-18,21H2,1,22H3. The molecule has 22 heavy (non-hydrogen) atoms. The number of unbranched alkanes of at least 4 members (excludes halogenated alkanes) is 16. The van der Waals surface area contributed by atoms with E-state index >= 15 is 0 Å². The zero-order valence-corrected chi connectivity index (χ0v) is 17.9. The Morgan fingerprint density at radius 3 is 1.23 bits per heavy atom. The Bertz CT molecular complexity index is 210. The van der Waals surface area contributed by atoms with Crippen molar-refractivity contribution in [2.45, 2.75) is 122 Å². The van der Waals surface area contributed by atoms with Crippen LogP contribution in [0.2, 0.25) is 6.04 Å². The topological polar surface area (TPSA) is 0 Å². The fourth-order valence-corrected chi connectivity index (χ4v) is 3.43. The molecule has 0 aromatic carbocycles. The predicted octanol–water partition coefficient (Wildman–Crippen LogP) is 6.98. The van der Waals surface area contributed by atoms with Crippen LogP contribution in [-0.2, 0) is 0 Å². The van der Waals surface area contributed by atoms with Crippen LogP contribution in [0.5, 0.6) is 0 Å². The van der Waals surface area contributed by atoms with E-state index in [0.29, 0.717) is 0 Å². The van der Waals surface area contributed by atoms with E-state index < -0.39 is 0 Å². The maximum atomic E-state index is 2.39. The molecule has 132 valence electrons. The first kappa shape index (κ1) is 22.0. The molecule has 0 atom stereocenters. The minimum Gasteiger partial charge on any atom is -0.0921 e. The van der Waals surface area contributed by atoms with Gasteiger partial charge >= 0.3 is 0 Å². The van der Waals surface area contributed by atoms with Crippen molar-refractivity contribution in [2.75, 3.05) is 0 Å². The summed E-state index contributed by atoms with van der Waals surface area (Å²) in [7, 11) is 1.32. The summed E-state index contributed by atoms with van der Waals surface area (Å²) in [6, 6.07) is 1.33. The quantitative estimate of drug-likeness (QED) is 0.145. The van der Waals surface area contributed by atoms with Crippen LogP contribution in [0.15, 0.2) is 12.2 Å². The molecule has 0 saturated heterocycles. The lowest BCUT2D eigenvalue weighted by atomic mass is 10.0. The summed E-state index contributed by atoms with van der Waals surface area (Å²) in [5, 5.41) is 0. The van der Waals surface area contributed by atoms with Gasteiger partial charge in [-0.25, -0.2) is 0 Å². The fraction of sp³-hybridized carbons (Fsp3) is 0.905. The Hall–Kier alpha value is -0.0431. The van der Waals surface area contributed by atoms with E-state index in [1.165, 1.54) is 125 Å². The van der Waals surface area contributed by atoms with Crippen LogP contribution in [0, 0.1) is 0 Å². The van der Waals surface area contributed by atoms with Gasteiger partial charge in [-0.1, -0.05) is 115 Å². The van der Waals surface area contributed by atoms with Gasteiger partial charge in [0.1, 0.15) is 0 Å². The maximum absolute atomic E-state index is 2.39. The van der Waals surface area contributed by atoms with Gasteiger partial charge in [0.05, 0.1) is 0 Å². The lowest BCUT2D eigenvalue weighted by Crippen LogP contribution is -1.83. The Kier molecular flexibility index (Phi) is 20.9. The van der Waals surface area contributed by atoms with Gasteiger partial charge < -0.3 is 0 Å². The van der Waals surface area contributed by atoms with Gasteiger partial charge in [-0.15, -0.1) is 0 Å². The molecule has 0 fully saturated rings. The summed E-state index contributed by atoms with van der Waals surface area (Å²) in [5.41, 5.74) is 0. The molecule has 1 heteroatoms. The van der Waals surface area contributed by atoms with E-state index in [1.54, 1.807) is 0 Å². The van der Waals surface area contributed by atoms with Crippen molar-refractivity contribution in [3.63, 3.8) is 0 Å². The highest BCUT2D eigenvalue weighted by atomic mass is 28.1. The number of hydrogen-bond donors (Lipinski definition) is 0. The van der Waals surface area contributed by atoms with Crippen molar-refractivity contribution < 1.29 is 0 Å². The average molecular weight is 325 g/mol. The summed E-state index contributed by atoms with van der Waals surface area (Å²) in [4.78, 5) is 0. The van der Waals surface area contributed by atoms with Gasteiger partial charge in [0, 0.05) is 10.2 Å². The fourth-order valence-electron chi connectivity index (χ4n) is 3.09. The van der Waals surface area contributed by atoms with Crippen LogP contribution >= 0.6 is 0 Å². The molecule has 0 N–H and O–H groups in total. The van der Waals surface area contributed by atoms with Gasteiger partial charge in [0.2, 0.25) is 0 Å². The normalized spacial score (nSPS) is 11.7. The van der Waals surface area contributed by atoms with Crippen molar-refractivity contribution >= 4 is 10.2 Å². The number of hydrogen-bond acceptors (Lipinski definition) is 0. The monoisotopic (exact) mass is 324 g/mol. The molecule has 0 amide bonds. The highest BCUT2D eigenvalue weighted by molar-refractivity contribution is 6.09. The van der Waals surface area contributed by atoms with Crippen LogP contribution in [0.1, 0.15) is 116 Å². The second-order valence-corrected chi connectivity index (χ2v) is 7.79. The first-order chi connectivity index (χ1) is 10.9. The van der Waals surface area contributed by atoms with Gasteiger partial charge in [0.15, 0.2) is 0 Å². The molecule has 0 nitrogen and oxygen atoms in total. The van der Waals surface area contributed by atoms with E-state index in [4.69, 9.17) is 0 Å². The molecule has 0 spiro atoms. The minimum absolute atomic E-state index is 1.32. The second-order valence-electron chi connectivity index (χ2n) is 6.97. The molecule has 0 aliphatic rings. The SMILES string of the molecule is CCCCCCCCCCCCCCCCCCC=CC[SiH3]. The van der Waals surface area contributed by atoms with Gasteiger partial charge in [-0.2, -0.15) is 0 Å². The van der Waals surface area contributed by atoms with E-state index in [1.807, 2.05) is 0 Å². The minimum atomic E-state index is 1.32. The molecule has 0 bridgehead atoms. The molecule has 0 radical (unpaired) electrons. The van der Waals surface area contributed by atoms with E-state index in [0.717, 1.165) is 0 Å². The zero-order chi connectivity index (χ0) is 16.1. The third-order valence-electron chi connectivity index (χ3n) is 4.63. The second kappa shape index (κ2) is 21.0. The lowest BCUT2D eigenvalue weighted by molar-refractivity contribution is 0.530. The van der Waals surface area contributed by atoms with Gasteiger partial charge in [0.25, 0.3) is 0 Å². The summed E-state index contributed by atoms with van der Waals surface area (Å²) >= 11 is 0. The number of allylic oxidation sites excluding steroid dienone is 2. The molecule has 0 heterocycles. The molecule has 0 aromatic rings. The largest absolute Gasteiger partial charge is 0.0921 e. The molecule has 0 unspecified atom stereocenters. The van der Waals surface area contributed by atoms with Crippen LogP contribution in [0.3, 0.4) is 0 Å². The molecular weight excluding hydrogens is 280 g/mol. The first-order valence-electron chi connectivity index (χ1n) is 10.6. The molecule has 0 aromatic heterocycles. The third kappa shape index (κ3) is 20.0. The van der Waals surface area contributed by atoms with E-state index in [-0.39, 0.29) is 0 Å². The van der Waals surface area contributed by atoms with Crippen LogP contribution in [-0.4, -0.2) is 10.2 Å². The Morgan fingerprint density at radius 2 is 0.864 bits per heavy atom. The highest BCUT2D eigenvalue weighted by Crippen LogP contribution is 2.14. The maximum Gasteiger partial charge on any atom is 0.00754 e. The summed E-state index contributed by atoms with van der Waals surface area (Å²) in [5.74, 6) is 0. The zero-order valence-electron chi connectivity index (χ0n) is 15.9. The summed E-state index contributed by atoms with van der Waals surface area (Å²) in [6.07, 6.45) is 29.5. The molecule has 0 rings (SSSR count). The Labute approximate surface area is 145 Å². The van der Waals surface area contributed by atoms with Crippen molar-refractivity contribution in [1.29, 1.82) is 0 Å². The summed E-state index contributed by atoms with van der Waals surface area (Å²) in [6.45, 7) is 2.30. The summed E-state index contributed by atoms with van der Waals surface area (Å²) < 4.78 is 0. The van der Waals surface area contributed by atoms with Crippen LogP contribution in [0.4, 0.5) is 0 Å². The van der Waals surface area contributed by atoms with Gasteiger partial charge in [-0.05, 0) is 18.9 Å². The van der Waals surface area contributed by atoms with Gasteiger partial charge in [-0.3, -0.25) is 0 Å². The Balaban J connectivity index is 2.95. The van der Waals surface area contributed by atoms with Crippen molar-refractivity contribution in [3.8, 4) is 0 Å². The van der Waals surface area contributed by atoms with Crippen molar-refractivity contribution in [1.82, 2.24) is 0 Å². The van der Waals surface area contributed by atoms with E-state index in [2.05, 4.69) is 19.1 Å². The van der Waals surface area contributed by atoms with Crippen molar-refractivity contribution in [2.24, 2.45) is 0 Å². The Morgan fingerprint density at radius 1 is 0.500 bits per heavy atom. The molecule has 0 saturated carbocycles. The third-order valence-corrected chi connectivity index (χ3v) is 5.10. The van der Waals surface area contributed by atoms with Crippen LogP contribution in [0.25, 0.3) is 0 Å². The van der Waals surface area contributed by atoms with E-state index in [9.17, 15) is 0 Å². The molecule has 0 aliphatic carbocycles. The number of rotatable bonds is 18. The van der Waals surface area contributed by atoms with Crippen LogP contribution < -0.4 is 0 Å². The van der Waals surface area contributed by atoms with Crippen molar-refractivity contribution in [3.05, 3.63) is 12.2 Å². The smallest absolute Gasteiger partial charge is 0.00754 e.